The Kier molecular flexibility index (Phi) is 7.01. The lowest BCUT2D eigenvalue weighted by Gasteiger charge is -2.36. The normalized spacial score (nSPS) is 18.4. The van der Waals surface area contributed by atoms with Gasteiger partial charge in [0.15, 0.2) is 17.3 Å². The molecule has 0 amide bonds. The highest BCUT2D eigenvalue weighted by atomic mass is 16.5. The summed E-state index contributed by atoms with van der Waals surface area (Å²) in [5, 5.41) is 10.8. The minimum absolute atomic E-state index is 0.104. The average Bonchev–Trinajstić information content (AvgIpc) is 3.25. The number of pyridine rings is 1. The lowest BCUT2D eigenvalue weighted by Crippen LogP contribution is -2.33. The predicted octanol–water partition coefficient (Wildman–Crippen LogP) is 5.16. The Morgan fingerprint density at radius 2 is 1.86 bits per heavy atom. The molecule has 1 atom stereocenters. The van der Waals surface area contributed by atoms with E-state index in [2.05, 4.69) is 16.0 Å². The third-order valence-electron chi connectivity index (χ3n) is 6.98. The molecule has 1 aromatic heterocycles. The lowest BCUT2D eigenvalue weighted by atomic mass is 9.95. The Balaban J connectivity index is 1.48. The fourth-order valence-electron chi connectivity index (χ4n) is 5.09. The summed E-state index contributed by atoms with van der Waals surface area (Å²) in [6.07, 6.45) is 8.50. The largest absolute Gasteiger partial charge is 0.507 e. The van der Waals surface area contributed by atoms with Gasteiger partial charge in [0.2, 0.25) is 5.78 Å². The molecule has 1 saturated heterocycles. The minimum Gasteiger partial charge on any atom is -0.507 e. The molecule has 2 aliphatic rings. The van der Waals surface area contributed by atoms with Crippen molar-refractivity contribution in [2.45, 2.75) is 31.8 Å². The fourth-order valence-corrected chi connectivity index (χ4v) is 5.09. The number of hydrogen-bond donors (Lipinski definition) is 1. The molecule has 2 aromatic carbocycles. The summed E-state index contributed by atoms with van der Waals surface area (Å²) >= 11 is 0. The van der Waals surface area contributed by atoms with Gasteiger partial charge in [-0.25, -0.2) is 0 Å². The molecule has 0 radical (unpaired) electrons. The number of rotatable bonds is 7. The number of aromatic nitrogens is 1. The van der Waals surface area contributed by atoms with E-state index in [1.807, 2.05) is 12.3 Å². The summed E-state index contributed by atoms with van der Waals surface area (Å²) in [6.45, 7) is 1.33. The minimum atomic E-state index is -0.254. The van der Waals surface area contributed by atoms with Crippen LogP contribution in [0.5, 0.6) is 28.7 Å². The molecule has 8 nitrogen and oxygen atoms in total. The maximum atomic E-state index is 13.3. The van der Waals surface area contributed by atoms with Crippen LogP contribution in [0.3, 0.4) is 0 Å². The van der Waals surface area contributed by atoms with E-state index < -0.39 is 0 Å². The number of fused-ring (bicyclic) bond motifs is 1. The van der Waals surface area contributed by atoms with Gasteiger partial charge in [-0.2, -0.15) is 0 Å². The van der Waals surface area contributed by atoms with Crippen LogP contribution in [-0.2, 0) is 6.54 Å². The van der Waals surface area contributed by atoms with Crippen LogP contribution in [-0.4, -0.2) is 48.6 Å². The number of carbonyl (C=O) groups is 1. The number of Topliss-reactive ketones (excluding diaryl/α,β-unsaturated/α-hetero) is 1. The number of phenols is 1. The first kappa shape index (κ1) is 24.6. The second-order valence-electron chi connectivity index (χ2n) is 9.10. The topological polar surface area (TPSA) is 90.3 Å². The first-order valence-corrected chi connectivity index (χ1v) is 12.3. The van der Waals surface area contributed by atoms with Gasteiger partial charge in [0, 0.05) is 36.6 Å². The molecule has 3 heterocycles. The smallest absolute Gasteiger partial charge is 0.231 e. The number of nitrogens with zero attached hydrogens (tertiary/aromatic N) is 2. The fraction of sp³-hybridized carbons (Fsp3) is 0.310. The number of likely N-dealkylation sites (tertiary alicyclic amines) is 1. The molecule has 8 heteroatoms. The van der Waals surface area contributed by atoms with Crippen molar-refractivity contribution >= 4 is 11.9 Å². The van der Waals surface area contributed by atoms with Crippen molar-refractivity contribution in [2.24, 2.45) is 0 Å². The Hall–Kier alpha value is -4.04. The van der Waals surface area contributed by atoms with Crippen molar-refractivity contribution in [3.05, 3.63) is 76.8 Å². The van der Waals surface area contributed by atoms with E-state index in [-0.39, 0.29) is 23.3 Å². The molecule has 5 rings (SSSR count). The standard InChI is InChI=1S/C29H30N2O6/c1-34-24-15-26(36-3)25(35-2)13-19(24)14-27-28(33)20-9-10-23(32)21(29(20)37-27)17-31-12-5-4-8-22(31)18-7-6-11-30-16-18/h6-7,9-11,13-16,22,32H,4-5,8,12,17H2,1-3H3/b27-14-/t22-/m0/s1. The van der Waals surface area contributed by atoms with Crippen molar-refractivity contribution in [3.63, 3.8) is 0 Å². The molecule has 0 saturated carbocycles. The van der Waals surface area contributed by atoms with Gasteiger partial charge in [-0.1, -0.05) is 12.5 Å². The maximum absolute atomic E-state index is 13.3. The van der Waals surface area contributed by atoms with E-state index in [1.165, 1.54) is 0 Å². The zero-order valence-corrected chi connectivity index (χ0v) is 21.2. The molecule has 1 N–H and O–H groups in total. The van der Waals surface area contributed by atoms with Crippen LogP contribution >= 0.6 is 0 Å². The van der Waals surface area contributed by atoms with Crippen LogP contribution in [0, 0.1) is 0 Å². The Morgan fingerprint density at radius 3 is 2.59 bits per heavy atom. The van der Waals surface area contributed by atoms with Gasteiger partial charge < -0.3 is 24.1 Å². The highest BCUT2D eigenvalue weighted by Gasteiger charge is 2.34. The Labute approximate surface area is 216 Å². The summed E-state index contributed by atoms with van der Waals surface area (Å²) in [7, 11) is 4.64. The molecular weight excluding hydrogens is 472 g/mol. The number of piperidine rings is 1. The Morgan fingerprint density at radius 1 is 1.08 bits per heavy atom. The third-order valence-corrected chi connectivity index (χ3v) is 6.98. The molecule has 3 aromatic rings. The van der Waals surface area contributed by atoms with Gasteiger partial charge in [-0.15, -0.1) is 0 Å². The van der Waals surface area contributed by atoms with Crippen molar-refractivity contribution in [2.75, 3.05) is 27.9 Å². The monoisotopic (exact) mass is 502 g/mol. The van der Waals surface area contributed by atoms with Crippen LogP contribution in [0.2, 0.25) is 0 Å². The number of allylic oxidation sites excluding steroid dienone is 1. The number of phenolic OH excluding ortho intramolecular Hbond substituents is 1. The van der Waals surface area contributed by atoms with Crippen LogP contribution in [0.1, 0.15) is 52.4 Å². The zero-order valence-electron chi connectivity index (χ0n) is 21.2. The van der Waals surface area contributed by atoms with Crippen molar-refractivity contribution < 1.29 is 28.8 Å². The van der Waals surface area contributed by atoms with E-state index in [4.69, 9.17) is 18.9 Å². The highest BCUT2D eigenvalue weighted by molar-refractivity contribution is 6.15. The first-order valence-electron chi connectivity index (χ1n) is 12.3. The molecule has 0 bridgehead atoms. The summed E-state index contributed by atoms with van der Waals surface area (Å²) in [5.41, 5.74) is 2.78. The average molecular weight is 503 g/mol. The van der Waals surface area contributed by atoms with Gasteiger partial charge in [0.25, 0.3) is 0 Å². The van der Waals surface area contributed by atoms with Crippen LogP contribution < -0.4 is 18.9 Å². The van der Waals surface area contributed by atoms with Gasteiger partial charge in [-0.05, 0) is 55.3 Å². The van der Waals surface area contributed by atoms with Crippen LogP contribution in [0.15, 0.2) is 54.6 Å². The van der Waals surface area contributed by atoms with Crippen molar-refractivity contribution in [1.29, 1.82) is 0 Å². The number of benzene rings is 2. The number of carbonyl (C=O) groups excluding carboxylic acids is 1. The van der Waals surface area contributed by atoms with E-state index in [0.717, 1.165) is 31.4 Å². The first-order chi connectivity index (χ1) is 18.0. The highest BCUT2D eigenvalue weighted by Crippen LogP contribution is 2.43. The van der Waals surface area contributed by atoms with Crippen LogP contribution in [0.4, 0.5) is 0 Å². The van der Waals surface area contributed by atoms with Gasteiger partial charge in [-0.3, -0.25) is 14.7 Å². The van der Waals surface area contributed by atoms with Gasteiger partial charge in [0.05, 0.1) is 32.5 Å². The molecule has 0 aliphatic carbocycles. The maximum Gasteiger partial charge on any atom is 0.231 e. The summed E-state index contributed by atoms with van der Waals surface area (Å²) in [6, 6.07) is 10.8. The summed E-state index contributed by atoms with van der Waals surface area (Å²) in [5.74, 6) is 1.92. The molecule has 37 heavy (non-hydrogen) atoms. The quantitative estimate of drug-likeness (QED) is 0.444. The van der Waals surface area contributed by atoms with Crippen molar-refractivity contribution in [1.82, 2.24) is 9.88 Å². The van der Waals surface area contributed by atoms with Gasteiger partial charge >= 0.3 is 0 Å². The second kappa shape index (κ2) is 10.5. The molecule has 1 fully saturated rings. The number of hydrogen-bond acceptors (Lipinski definition) is 8. The van der Waals surface area contributed by atoms with Crippen molar-refractivity contribution in [3.8, 4) is 28.7 Å². The summed E-state index contributed by atoms with van der Waals surface area (Å²) < 4.78 is 22.4. The van der Waals surface area contributed by atoms with Crippen LogP contribution in [0.25, 0.3) is 6.08 Å². The predicted molar refractivity (Wildman–Crippen MR) is 138 cm³/mol. The Bertz CT molecular complexity index is 1340. The SMILES string of the molecule is COc1cc(OC)c(OC)cc1/C=C1\Oc2c(ccc(O)c2CN2CCCC[C@H]2c2cccnc2)C1=O. The molecule has 0 spiro atoms. The van der Waals surface area contributed by atoms with Gasteiger partial charge in [0.1, 0.15) is 17.2 Å². The molecule has 0 unspecified atom stereocenters. The lowest BCUT2D eigenvalue weighted by molar-refractivity contribution is 0.101. The molecular formula is C29H30N2O6. The third kappa shape index (κ3) is 4.72. The summed E-state index contributed by atoms with van der Waals surface area (Å²) in [4.78, 5) is 19.9. The number of methoxy groups -OCH3 is 3. The molecule has 2 aliphatic heterocycles. The second-order valence-corrected chi connectivity index (χ2v) is 9.10. The van der Waals surface area contributed by atoms with E-state index >= 15 is 0 Å². The van der Waals surface area contributed by atoms with E-state index in [9.17, 15) is 9.90 Å². The number of ether oxygens (including phenoxy) is 4. The van der Waals surface area contributed by atoms with E-state index in [1.54, 1.807) is 57.9 Å². The molecule has 192 valence electrons. The van der Waals surface area contributed by atoms with E-state index in [0.29, 0.717) is 46.2 Å². The number of aromatic hydroxyl groups is 1. The number of ketones is 1. The zero-order chi connectivity index (χ0) is 25.9.